The van der Waals surface area contributed by atoms with Gasteiger partial charge in [0, 0.05) is 15.6 Å². The number of halogens is 1. The largest absolute Gasteiger partial charge is 0.289 e. The Morgan fingerprint density at radius 2 is 1.47 bits per heavy atom. The van der Waals surface area contributed by atoms with Crippen LogP contribution in [-0.4, -0.2) is 5.78 Å². The Kier molecular flexibility index (Phi) is 3.91. The molecule has 0 N–H and O–H groups in total. The van der Waals surface area contributed by atoms with E-state index < -0.39 is 0 Å². The smallest absolute Gasteiger partial charge is 0.193 e. The van der Waals surface area contributed by atoms with Gasteiger partial charge in [-0.2, -0.15) is 0 Å². The highest BCUT2D eigenvalue weighted by molar-refractivity contribution is 9.10. The molecule has 0 unspecified atom stereocenters. The van der Waals surface area contributed by atoms with Gasteiger partial charge in [0.15, 0.2) is 5.78 Å². The van der Waals surface area contributed by atoms with Crippen LogP contribution < -0.4 is 0 Å². The molecule has 2 rings (SSSR count). The van der Waals surface area contributed by atoms with Gasteiger partial charge in [-0.25, -0.2) is 0 Å². The van der Waals surface area contributed by atoms with Crippen LogP contribution in [0.3, 0.4) is 0 Å². The van der Waals surface area contributed by atoms with Crippen LogP contribution in [0, 0.1) is 27.7 Å². The van der Waals surface area contributed by atoms with Crippen molar-refractivity contribution in [3.63, 3.8) is 0 Å². The van der Waals surface area contributed by atoms with Crippen LogP contribution in [-0.2, 0) is 0 Å². The molecule has 0 radical (unpaired) electrons. The van der Waals surface area contributed by atoms with Crippen molar-refractivity contribution < 1.29 is 4.79 Å². The van der Waals surface area contributed by atoms with Crippen molar-refractivity contribution in [1.82, 2.24) is 0 Å². The average molecular weight is 317 g/mol. The lowest BCUT2D eigenvalue weighted by atomic mass is 9.94. The van der Waals surface area contributed by atoms with E-state index in [-0.39, 0.29) is 5.78 Å². The summed E-state index contributed by atoms with van der Waals surface area (Å²) in [6, 6.07) is 9.88. The fraction of sp³-hybridized carbons (Fsp3) is 0.235. The summed E-state index contributed by atoms with van der Waals surface area (Å²) in [4.78, 5) is 12.6. The first-order valence-corrected chi connectivity index (χ1v) is 7.07. The standard InChI is InChI=1S/C17H17BrO/c1-10-5-14(9-15(18)6-10)17(19)16-8-12(3)11(2)7-13(16)4/h5-9H,1-4H3. The van der Waals surface area contributed by atoms with E-state index in [4.69, 9.17) is 0 Å². The Hall–Kier alpha value is -1.41. The Balaban J connectivity index is 2.53. The van der Waals surface area contributed by atoms with Crippen molar-refractivity contribution in [2.45, 2.75) is 27.7 Å². The van der Waals surface area contributed by atoms with Crippen molar-refractivity contribution >= 4 is 21.7 Å². The van der Waals surface area contributed by atoms with Gasteiger partial charge < -0.3 is 0 Å². The predicted octanol–water partition coefficient (Wildman–Crippen LogP) is 4.91. The van der Waals surface area contributed by atoms with Crippen molar-refractivity contribution in [2.24, 2.45) is 0 Å². The molecule has 0 bridgehead atoms. The van der Waals surface area contributed by atoms with Gasteiger partial charge in [-0.05, 0) is 74.2 Å². The first-order valence-electron chi connectivity index (χ1n) is 6.28. The molecule has 0 atom stereocenters. The molecule has 0 fully saturated rings. The zero-order valence-electron chi connectivity index (χ0n) is 11.7. The van der Waals surface area contributed by atoms with Crippen LogP contribution in [0.1, 0.15) is 38.2 Å². The van der Waals surface area contributed by atoms with Gasteiger partial charge in [0.1, 0.15) is 0 Å². The fourth-order valence-corrected chi connectivity index (χ4v) is 2.84. The number of carbonyl (C=O) groups excluding carboxylic acids is 1. The number of aryl methyl sites for hydroxylation is 4. The highest BCUT2D eigenvalue weighted by Gasteiger charge is 2.13. The van der Waals surface area contributed by atoms with Crippen LogP contribution in [0.25, 0.3) is 0 Å². The summed E-state index contributed by atoms with van der Waals surface area (Å²) in [5.41, 5.74) is 6.02. The maximum Gasteiger partial charge on any atom is 0.193 e. The Morgan fingerprint density at radius 1 is 0.842 bits per heavy atom. The van der Waals surface area contributed by atoms with Gasteiger partial charge in [-0.1, -0.05) is 22.0 Å². The van der Waals surface area contributed by atoms with Gasteiger partial charge in [-0.15, -0.1) is 0 Å². The number of rotatable bonds is 2. The molecular weight excluding hydrogens is 300 g/mol. The maximum absolute atomic E-state index is 12.6. The zero-order chi connectivity index (χ0) is 14.2. The Morgan fingerprint density at radius 3 is 2.11 bits per heavy atom. The van der Waals surface area contributed by atoms with Gasteiger partial charge in [-0.3, -0.25) is 4.79 Å². The van der Waals surface area contributed by atoms with Crippen LogP contribution in [0.15, 0.2) is 34.8 Å². The van der Waals surface area contributed by atoms with Crippen LogP contribution >= 0.6 is 15.9 Å². The molecule has 1 nitrogen and oxygen atoms in total. The normalized spacial score (nSPS) is 10.6. The summed E-state index contributed by atoms with van der Waals surface area (Å²) in [7, 11) is 0. The lowest BCUT2D eigenvalue weighted by Gasteiger charge is -2.10. The molecule has 0 heterocycles. The van der Waals surface area contributed by atoms with E-state index in [1.807, 2.05) is 45.0 Å². The first-order chi connectivity index (χ1) is 8.88. The van der Waals surface area contributed by atoms with Crippen molar-refractivity contribution in [1.29, 1.82) is 0 Å². The molecule has 0 saturated heterocycles. The number of ketones is 1. The van der Waals surface area contributed by atoms with Crippen molar-refractivity contribution in [3.05, 3.63) is 68.2 Å². The first kappa shape index (κ1) is 14.0. The number of hydrogen-bond donors (Lipinski definition) is 0. The van der Waals surface area contributed by atoms with E-state index in [0.717, 1.165) is 32.3 Å². The summed E-state index contributed by atoms with van der Waals surface area (Å²) < 4.78 is 0.942. The van der Waals surface area contributed by atoms with Crippen LogP contribution in [0.5, 0.6) is 0 Å². The minimum atomic E-state index is 0.0880. The topological polar surface area (TPSA) is 17.1 Å². The minimum Gasteiger partial charge on any atom is -0.289 e. The Labute approximate surface area is 122 Å². The van der Waals surface area contributed by atoms with E-state index in [0.29, 0.717) is 0 Å². The second kappa shape index (κ2) is 5.30. The highest BCUT2D eigenvalue weighted by Crippen LogP contribution is 2.22. The number of carbonyl (C=O) groups is 1. The zero-order valence-corrected chi connectivity index (χ0v) is 13.3. The minimum absolute atomic E-state index is 0.0880. The molecule has 0 amide bonds. The van der Waals surface area contributed by atoms with E-state index in [1.54, 1.807) is 0 Å². The number of hydrogen-bond acceptors (Lipinski definition) is 1. The second-order valence-electron chi connectivity index (χ2n) is 5.10. The molecule has 0 aliphatic rings. The molecule has 0 aliphatic carbocycles. The van der Waals surface area contributed by atoms with E-state index in [1.165, 1.54) is 5.56 Å². The van der Waals surface area contributed by atoms with Gasteiger partial charge >= 0.3 is 0 Å². The van der Waals surface area contributed by atoms with Crippen molar-refractivity contribution in [2.75, 3.05) is 0 Å². The summed E-state index contributed by atoms with van der Waals surface area (Å²) in [5.74, 6) is 0.0880. The lowest BCUT2D eigenvalue weighted by Crippen LogP contribution is -2.05. The molecule has 0 spiro atoms. The van der Waals surface area contributed by atoms with Gasteiger partial charge in [0.2, 0.25) is 0 Å². The molecule has 2 aromatic carbocycles. The van der Waals surface area contributed by atoms with Crippen LogP contribution in [0.2, 0.25) is 0 Å². The summed E-state index contributed by atoms with van der Waals surface area (Å²) in [6.45, 7) is 8.09. The molecule has 2 aromatic rings. The fourth-order valence-electron chi connectivity index (χ4n) is 2.23. The van der Waals surface area contributed by atoms with E-state index in [9.17, 15) is 4.79 Å². The Bertz CT molecular complexity index is 636. The van der Waals surface area contributed by atoms with Gasteiger partial charge in [0.05, 0.1) is 0 Å². The third-order valence-electron chi connectivity index (χ3n) is 3.39. The molecular formula is C17H17BrO. The number of benzene rings is 2. The average Bonchev–Trinajstić information content (AvgIpc) is 2.31. The SMILES string of the molecule is Cc1cc(Br)cc(C(=O)c2cc(C)c(C)cc2C)c1. The van der Waals surface area contributed by atoms with Gasteiger partial charge in [0.25, 0.3) is 0 Å². The predicted molar refractivity (Wildman–Crippen MR) is 83.0 cm³/mol. The molecule has 0 aliphatic heterocycles. The maximum atomic E-state index is 12.6. The van der Waals surface area contributed by atoms with Crippen LogP contribution in [0.4, 0.5) is 0 Å². The second-order valence-corrected chi connectivity index (χ2v) is 6.01. The molecule has 19 heavy (non-hydrogen) atoms. The molecule has 98 valence electrons. The third-order valence-corrected chi connectivity index (χ3v) is 3.85. The van der Waals surface area contributed by atoms with E-state index in [2.05, 4.69) is 28.9 Å². The molecule has 0 saturated carbocycles. The molecule has 0 aromatic heterocycles. The lowest BCUT2D eigenvalue weighted by molar-refractivity contribution is 0.103. The van der Waals surface area contributed by atoms with E-state index >= 15 is 0 Å². The third kappa shape index (κ3) is 2.95. The highest BCUT2D eigenvalue weighted by atomic mass is 79.9. The summed E-state index contributed by atoms with van der Waals surface area (Å²) >= 11 is 3.45. The quantitative estimate of drug-likeness (QED) is 0.719. The monoisotopic (exact) mass is 316 g/mol. The van der Waals surface area contributed by atoms with Crippen molar-refractivity contribution in [3.8, 4) is 0 Å². The summed E-state index contributed by atoms with van der Waals surface area (Å²) in [5, 5.41) is 0. The summed E-state index contributed by atoms with van der Waals surface area (Å²) in [6.07, 6.45) is 0. The molecule has 2 heteroatoms.